The molecule has 0 aromatic carbocycles. The van der Waals surface area contributed by atoms with Crippen LogP contribution in [0.5, 0.6) is 0 Å². The maximum Gasteiger partial charge on any atom is 0.141 e. The topological polar surface area (TPSA) is 17.8 Å². The minimum absolute atomic E-state index is 0.576. The number of hydrogen-bond donors (Lipinski definition) is 0. The van der Waals surface area contributed by atoms with Crippen molar-refractivity contribution in [1.29, 1.82) is 0 Å². The van der Waals surface area contributed by atoms with E-state index in [4.69, 9.17) is 11.6 Å². The zero-order valence-electron chi connectivity index (χ0n) is 8.21. The Hall–Kier alpha value is 0.230. The summed E-state index contributed by atoms with van der Waals surface area (Å²) < 4.78 is 2.97. The van der Waals surface area contributed by atoms with E-state index in [1.54, 1.807) is 0 Å². The quantitative estimate of drug-likeness (QED) is 0.717. The second kappa shape index (κ2) is 4.39. The lowest BCUT2D eigenvalue weighted by molar-refractivity contribution is 0.273. The average molecular weight is 325 g/mol. The average Bonchev–Trinajstić information content (AvgIpc) is 2.48. The normalized spacial score (nSPS) is 27.9. The molecule has 14 heavy (non-hydrogen) atoms. The van der Waals surface area contributed by atoms with Crippen LogP contribution < -0.4 is 0 Å². The van der Waals surface area contributed by atoms with Crippen molar-refractivity contribution >= 4 is 34.2 Å². The zero-order valence-corrected chi connectivity index (χ0v) is 11.1. The second-order valence-electron chi connectivity index (χ2n) is 4.16. The van der Waals surface area contributed by atoms with Gasteiger partial charge in [0.25, 0.3) is 0 Å². The van der Waals surface area contributed by atoms with E-state index in [0.29, 0.717) is 6.04 Å². The van der Waals surface area contributed by atoms with E-state index in [9.17, 15) is 0 Å². The minimum atomic E-state index is 0.576. The molecular weight excluding hydrogens is 310 g/mol. The van der Waals surface area contributed by atoms with Gasteiger partial charge in [-0.1, -0.05) is 18.5 Å². The van der Waals surface area contributed by atoms with E-state index in [2.05, 4.69) is 39.3 Å². The van der Waals surface area contributed by atoms with Crippen molar-refractivity contribution < 1.29 is 0 Å². The molecule has 1 aromatic heterocycles. The standard InChI is InChI=1S/C10H14ClIN2/c1-7-2-4-8(5-3-7)14-6-9(11)10(12)13-14/h6-8H,2-5H2,1H3. The summed E-state index contributed by atoms with van der Waals surface area (Å²) in [4.78, 5) is 0. The molecule has 0 spiro atoms. The molecule has 4 heteroatoms. The minimum Gasteiger partial charge on any atom is -0.267 e. The van der Waals surface area contributed by atoms with Gasteiger partial charge in [0, 0.05) is 6.20 Å². The predicted molar refractivity (Wildman–Crippen MR) is 66.6 cm³/mol. The first-order valence-electron chi connectivity index (χ1n) is 5.07. The van der Waals surface area contributed by atoms with Crippen LogP contribution in [0, 0.1) is 9.62 Å². The molecule has 2 rings (SSSR count). The summed E-state index contributed by atoms with van der Waals surface area (Å²) in [5.74, 6) is 0.886. The van der Waals surface area contributed by atoms with Gasteiger partial charge in [-0.3, -0.25) is 4.68 Å². The number of hydrogen-bond acceptors (Lipinski definition) is 1. The number of halogens is 2. The molecule has 0 saturated heterocycles. The van der Waals surface area contributed by atoms with Crippen molar-refractivity contribution in [3.05, 3.63) is 14.9 Å². The SMILES string of the molecule is CC1CCC(n2cc(Cl)c(I)n2)CC1. The van der Waals surface area contributed by atoms with Crippen molar-refractivity contribution in [3.63, 3.8) is 0 Å². The second-order valence-corrected chi connectivity index (χ2v) is 5.59. The Morgan fingerprint density at radius 2 is 2.07 bits per heavy atom. The summed E-state index contributed by atoms with van der Waals surface area (Å²) in [6.45, 7) is 2.33. The van der Waals surface area contributed by atoms with Gasteiger partial charge in [-0.05, 0) is 54.2 Å². The lowest BCUT2D eigenvalue weighted by Crippen LogP contribution is -2.17. The summed E-state index contributed by atoms with van der Waals surface area (Å²) in [5, 5.41) is 5.21. The first kappa shape index (κ1) is 10.7. The van der Waals surface area contributed by atoms with Crippen LogP contribution in [0.3, 0.4) is 0 Å². The van der Waals surface area contributed by atoms with Gasteiger partial charge in [-0.25, -0.2) is 0 Å². The molecule has 1 fully saturated rings. The predicted octanol–water partition coefficient (Wildman–Crippen LogP) is 3.89. The molecule has 0 radical (unpaired) electrons. The van der Waals surface area contributed by atoms with Crippen molar-refractivity contribution in [1.82, 2.24) is 9.78 Å². The fourth-order valence-electron chi connectivity index (χ4n) is 2.04. The Morgan fingerprint density at radius 1 is 1.43 bits per heavy atom. The van der Waals surface area contributed by atoms with Crippen LogP contribution in [-0.4, -0.2) is 9.78 Å². The van der Waals surface area contributed by atoms with E-state index < -0.39 is 0 Å². The van der Waals surface area contributed by atoms with Crippen molar-refractivity contribution in [2.24, 2.45) is 5.92 Å². The number of rotatable bonds is 1. The van der Waals surface area contributed by atoms with Crippen molar-refractivity contribution in [3.8, 4) is 0 Å². The smallest absolute Gasteiger partial charge is 0.141 e. The van der Waals surface area contributed by atoms with Crippen LogP contribution in [0.2, 0.25) is 5.02 Å². The first-order chi connectivity index (χ1) is 6.66. The maximum atomic E-state index is 5.99. The van der Waals surface area contributed by atoms with Crippen molar-refractivity contribution in [2.45, 2.75) is 38.6 Å². The highest BCUT2D eigenvalue weighted by atomic mass is 127. The van der Waals surface area contributed by atoms with E-state index in [1.165, 1.54) is 25.7 Å². The molecule has 1 aromatic rings. The Morgan fingerprint density at radius 3 is 2.57 bits per heavy atom. The number of nitrogens with zero attached hydrogens (tertiary/aromatic N) is 2. The molecule has 0 amide bonds. The monoisotopic (exact) mass is 324 g/mol. The van der Waals surface area contributed by atoms with E-state index in [1.807, 2.05) is 6.20 Å². The summed E-state index contributed by atoms with van der Waals surface area (Å²) in [6.07, 6.45) is 7.09. The molecule has 1 heterocycles. The van der Waals surface area contributed by atoms with Gasteiger partial charge in [-0.2, -0.15) is 5.10 Å². The Labute approximate surface area is 103 Å². The molecule has 0 N–H and O–H groups in total. The largest absolute Gasteiger partial charge is 0.267 e. The molecule has 0 bridgehead atoms. The Bertz CT molecular complexity index is 296. The molecule has 1 saturated carbocycles. The summed E-state index contributed by atoms with van der Waals surface area (Å²) in [5.41, 5.74) is 0. The van der Waals surface area contributed by atoms with E-state index in [-0.39, 0.29) is 0 Å². The highest BCUT2D eigenvalue weighted by Crippen LogP contribution is 2.32. The molecule has 0 atom stereocenters. The van der Waals surface area contributed by atoms with Gasteiger partial charge in [0.05, 0.1) is 11.1 Å². The molecule has 0 unspecified atom stereocenters. The van der Waals surface area contributed by atoms with Crippen molar-refractivity contribution in [2.75, 3.05) is 0 Å². The summed E-state index contributed by atoms with van der Waals surface area (Å²) in [7, 11) is 0. The molecular formula is C10H14ClIN2. The van der Waals surface area contributed by atoms with Crippen LogP contribution >= 0.6 is 34.2 Å². The highest BCUT2D eigenvalue weighted by Gasteiger charge is 2.20. The molecule has 1 aliphatic rings. The third kappa shape index (κ3) is 2.24. The van der Waals surface area contributed by atoms with Gasteiger partial charge in [0.2, 0.25) is 0 Å². The van der Waals surface area contributed by atoms with Gasteiger partial charge in [-0.15, -0.1) is 0 Å². The van der Waals surface area contributed by atoms with Crippen LogP contribution in [0.4, 0.5) is 0 Å². The third-order valence-corrected chi connectivity index (χ3v) is 4.40. The highest BCUT2D eigenvalue weighted by molar-refractivity contribution is 14.1. The first-order valence-corrected chi connectivity index (χ1v) is 6.52. The third-order valence-electron chi connectivity index (χ3n) is 3.01. The van der Waals surface area contributed by atoms with Gasteiger partial charge in [0.15, 0.2) is 0 Å². The molecule has 1 aliphatic carbocycles. The Kier molecular flexibility index (Phi) is 3.37. The van der Waals surface area contributed by atoms with Crippen LogP contribution in [0.15, 0.2) is 6.20 Å². The van der Waals surface area contributed by atoms with E-state index >= 15 is 0 Å². The summed E-state index contributed by atoms with van der Waals surface area (Å²) >= 11 is 8.17. The number of aromatic nitrogens is 2. The van der Waals surface area contributed by atoms with Gasteiger partial charge < -0.3 is 0 Å². The molecule has 78 valence electrons. The molecule has 0 aliphatic heterocycles. The van der Waals surface area contributed by atoms with Crippen LogP contribution in [0.1, 0.15) is 38.6 Å². The lowest BCUT2D eigenvalue weighted by Gasteiger charge is -2.26. The van der Waals surface area contributed by atoms with E-state index in [0.717, 1.165) is 14.6 Å². The molecule has 2 nitrogen and oxygen atoms in total. The van der Waals surface area contributed by atoms with Gasteiger partial charge in [0.1, 0.15) is 3.70 Å². The fourth-order valence-corrected chi connectivity index (χ4v) is 2.57. The van der Waals surface area contributed by atoms with Crippen LogP contribution in [-0.2, 0) is 0 Å². The Balaban J connectivity index is 2.08. The summed E-state index contributed by atoms with van der Waals surface area (Å²) in [6, 6.07) is 0.576. The lowest BCUT2D eigenvalue weighted by atomic mass is 9.87. The van der Waals surface area contributed by atoms with Gasteiger partial charge >= 0.3 is 0 Å². The zero-order chi connectivity index (χ0) is 10.1. The maximum absolute atomic E-state index is 5.99. The fraction of sp³-hybridized carbons (Fsp3) is 0.700. The van der Waals surface area contributed by atoms with Crippen LogP contribution in [0.25, 0.3) is 0 Å².